The molecule has 0 saturated carbocycles. The van der Waals surface area contributed by atoms with Gasteiger partial charge in [-0.2, -0.15) is 0 Å². The molecule has 0 spiro atoms. The number of hydrogen-bond acceptors (Lipinski definition) is 6. The second kappa shape index (κ2) is 43.5. The molecule has 326 valence electrons. The molecule has 2 atom stereocenters. The Hall–Kier alpha value is -1.59. The van der Waals surface area contributed by atoms with E-state index in [0.29, 0.717) is 19.3 Å². The molecule has 0 bridgehead atoms. The summed E-state index contributed by atoms with van der Waals surface area (Å²) in [5.41, 5.74) is 0. The maximum Gasteiger partial charge on any atom is 0.306 e. The Morgan fingerprint density at radius 1 is 0.364 bits per heavy atom. The van der Waals surface area contributed by atoms with E-state index in [9.17, 15) is 14.4 Å². The van der Waals surface area contributed by atoms with Crippen molar-refractivity contribution in [3.63, 3.8) is 0 Å². The lowest BCUT2D eigenvalue weighted by atomic mass is 10.00. The van der Waals surface area contributed by atoms with Crippen molar-refractivity contribution in [3.05, 3.63) is 0 Å². The molecule has 0 rings (SSSR count). The Morgan fingerprint density at radius 3 is 0.945 bits per heavy atom. The number of hydrogen-bond donors (Lipinski definition) is 0. The van der Waals surface area contributed by atoms with E-state index in [0.717, 1.165) is 63.7 Å². The van der Waals surface area contributed by atoms with Crippen molar-refractivity contribution in [2.45, 2.75) is 278 Å². The molecule has 0 amide bonds. The fraction of sp³-hybridized carbons (Fsp3) is 0.939. The standard InChI is InChI=1S/C49H94O6/c1-5-8-10-12-14-16-18-20-22-23-25-27-32-36-40-47(50)53-43-46(44-54-48(51)41-37-33-30-29-31-35-39-45(4)7-3)55-49(52)42-38-34-28-26-24-21-19-17-15-13-11-9-6-2/h45-46H,5-44H2,1-4H3/t45?,46-/m0/s1. The normalized spacial score (nSPS) is 12.4. The van der Waals surface area contributed by atoms with Gasteiger partial charge in [-0.05, 0) is 25.2 Å². The molecule has 6 nitrogen and oxygen atoms in total. The van der Waals surface area contributed by atoms with Gasteiger partial charge in [0.25, 0.3) is 0 Å². The largest absolute Gasteiger partial charge is 0.462 e. The molecule has 1 unspecified atom stereocenters. The minimum Gasteiger partial charge on any atom is -0.462 e. The van der Waals surface area contributed by atoms with Crippen molar-refractivity contribution in [2.24, 2.45) is 5.92 Å². The van der Waals surface area contributed by atoms with E-state index in [4.69, 9.17) is 14.2 Å². The third-order valence-electron chi connectivity index (χ3n) is 11.4. The number of carbonyl (C=O) groups is 3. The number of carbonyl (C=O) groups excluding carboxylic acids is 3. The van der Waals surface area contributed by atoms with E-state index in [2.05, 4.69) is 27.7 Å². The summed E-state index contributed by atoms with van der Waals surface area (Å²) in [6, 6.07) is 0. The highest BCUT2D eigenvalue weighted by Gasteiger charge is 2.19. The first-order chi connectivity index (χ1) is 26.9. The first-order valence-electron chi connectivity index (χ1n) is 24.4. The van der Waals surface area contributed by atoms with Crippen molar-refractivity contribution in [2.75, 3.05) is 13.2 Å². The van der Waals surface area contributed by atoms with E-state index in [1.165, 1.54) is 167 Å². The van der Waals surface area contributed by atoms with Crippen molar-refractivity contribution in [1.29, 1.82) is 0 Å². The van der Waals surface area contributed by atoms with Crippen molar-refractivity contribution in [3.8, 4) is 0 Å². The molecule has 0 aliphatic heterocycles. The van der Waals surface area contributed by atoms with Crippen LogP contribution in [0, 0.1) is 5.92 Å². The minimum absolute atomic E-state index is 0.0638. The molecule has 0 heterocycles. The smallest absolute Gasteiger partial charge is 0.306 e. The van der Waals surface area contributed by atoms with Gasteiger partial charge in [-0.3, -0.25) is 14.4 Å². The fourth-order valence-corrected chi connectivity index (χ4v) is 7.30. The lowest BCUT2D eigenvalue weighted by molar-refractivity contribution is -0.167. The highest BCUT2D eigenvalue weighted by atomic mass is 16.6. The quantitative estimate of drug-likeness (QED) is 0.0348. The van der Waals surface area contributed by atoms with Crippen LogP contribution in [0.2, 0.25) is 0 Å². The highest BCUT2D eigenvalue weighted by Crippen LogP contribution is 2.17. The van der Waals surface area contributed by atoms with Crippen LogP contribution in [0.4, 0.5) is 0 Å². The SMILES string of the molecule is CCCCCCCCCCCCCCCCC(=O)OC[C@@H](COC(=O)CCCCCCCCC(C)CC)OC(=O)CCCCCCCCCCCCCCC. The Morgan fingerprint density at radius 2 is 0.636 bits per heavy atom. The van der Waals surface area contributed by atoms with Crippen LogP contribution in [0.5, 0.6) is 0 Å². The molecule has 0 aromatic heterocycles. The summed E-state index contributed by atoms with van der Waals surface area (Å²) >= 11 is 0. The van der Waals surface area contributed by atoms with Crippen LogP contribution < -0.4 is 0 Å². The topological polar surface area (TPSA) is 78.9 Å². The molecule has 6 heteroatoms. The molecule has 0 aliphatic carbocycles. The monoisotopic (exact) mass is 779 g/mol. The minimum atomic E-state index is -0.760. The van der Waals surface area contributed by atoms with E-state index in [1.54, 1.807) is 0 Å². The molecular weight excluding hydrogens is 685 g/mol. The van der Waals surface area contributed by atoms with Crippen LogP contribution in [0.3, 0.4) is 0 Å². The highest BCUT2D eigenvalue weighted by molar-refractivity contribution is 5.71. The van der Waals surface area contributed by atoms with Crippen LogP contribution in [0.1, 0.15) is 272 Å². The van der Waals surface area contributed by atoms with Crippen LogP contribution in [-0.2, 0) is 28.6 Å². The summed E-state index contributed by atoms with van der Waals surface area (Å²) in [4.78, 5) is 37.8. The summed E-state index contributed by atoms with van der Waals surface area (Å²) < 4.78 is 16.8. The lowest BCUT2D eigenvalue weighted by Crippen LogP contribution is -2.30. The van der Waals surface area contributed by atoms with E-state index in [1.807, 2.05) is 0 Å². The van der Waals surface area contributed by atoms with Crippen LogP contribution in [-0.4, -0.2) is 37.2 Å². The zero-order chi connectivity index (χ0) is 40.3. The first kappa shape index (κ1) is 53.4. The van der Waals surface area contributed by atoms with Crippen LogP contribution >= 0.6 is 0 Å². The second-order valence-electron chi connectivity index (χ2n) is 17.0. The summed E-state index contributed by atoms with van der Waals surface area (Å²) in [6.07, 6.45) is 43.7. The Labute approximate surface area is 342 Å². The predicted octanol–water partition coefficient (Wildman–Crippen LogP) is 15.5. The van der Waals surface area contributed by atoms with Gasteiger partial charge in [-0.15, -0.1) is 0 Å². The average molecular weight is 779 g/mol. The summed E-state index contributed by atoms with van der Waals surface area (Å²) in [5, 5.41) is 0. The zero-order valence-corrected chi connectivity index (χ0v) is 37.4. The van der Waals surface area contributed by atoms with Gasteiger partial charge in [-0.1, -0.05) is 233 Å². The van der Waals surface area contributed by atoms with Crippen molar-refractivity contribution in [1.82, 2.24) is 0 Å². The van der Waals surface area contributed by atoms with E-state index < -0.39 is 6.10 Å². The van der Waals surface area contributed by atoms with Crippen LogP contribution in [0.25, 0.3) is 0 Å². The lowest BCUT2D eigenvalue weighted by Gasteiger charge is -2.18. The number of unbranched alkanes of at least 4 members (excludes halogenated alkanes) is 30. The third kappa shape index (κ3) is 41.9. The van der Waals surface area contributed by atoms with Gasteiger partial charge in [-0.25, -0.2) is 0 Å². The molecule has 0 fully saturated rings. The maximum atomic E-state index is 12.7. The van der Waals surface area contributed by atoms with Gasteiger partial charge in [0.05, 0.1) is 0 Å². The van der Waals surface area contributed by atoms with Gasteiger partial charge in [0.15, 0.2) is 6.10 Å². The van der Waals surface area contributed by atoms with E-state index >= 15 is 0 Å². The van der Waals surface area contributed by atoms with Crippen LogP contribution in [0.15, 0.2) is 0 Å². The Kier molecular flexibility index (Phi) is 42.3. The summed E-state index contributed by atoms with van der Waals surface area (Å²) in [6.45, 7) is 8.98. The summed E-state index contributed by atoms with van der Waals surface area (Å²) in [5.74, 6) is -0.0370. The zero-order valence-electron chi connectivity index (χ0n) is 37.4. The summed E-state index contributed by atoms with van der Waals surface area (Å²) in [7, 11) is 0. The van der Waals surface area contributed by atoms with Gasteiger partial charge in [0, 0.05) is 19.3 Å². The van der Waals surface area contributed by atoms with Gasteiger partial charge in [0.1, 0.15) is 13.2 Å². The molecule has 0 N–H and O–H groups in total. The van der Waals surface area contributed by atoms with E-state index in [-0.39, 0.29) is 31.1 Å². The number of ether oxygens (including phenoxy) is 3. The molecule has 0 aromatic carbocycles. The molecule has 0 aromatic rings. The average Bonchev–Trinajstić information content (AvgIpc) is 3.18. The molecular formula is C49H94O6. The molecule has 0 radical (unpaired) electrons. The first-order valence-corrected chi connectivity index (χ1v) is 24.4. The van der Waals surface area contributed by atoms with Gasteiger partial charge >= 0.3 is 17.9 Å². The second-order valence-corrected chi connectivity index (χ2v) is 17.0. The predicted molar refractivity (Wildman–Crippen MR) is 233 cm³/mol. The van der Waals surface area contributed by atoms with Crippen molar-refractivity contribution < 1.29 is 28.6 Å². The third-order valence-corrected chi connectivity index (χ3v) is 11.4. The maximum absolute atomic E-state index is 12.7. The number of esters is 3. The van der Waals surface area contributed by atoms with Gasteiger partial charge in [0.2, 0.25) is 0 Å². The van der Waals surface area contributed by atoms with Crippen molar-refractivity contribution >= 4 is 17.9 Å². The molecule has 0 saturated heterocycles. The Balaban J connectivity index is 4.32. The Bertz CT molecular complexity index is 828. The van der Waals surface area contributed by atoms with Gasteiger partial charge < -0.3 is 14.2 Å². The molecule has 55 heavy (non-hydrogen) atoms. The molecule has 0 aliphatic rings. The number of rotatable bonds is 44. The fourth-order valence-electron chi connectivity index (χ4n) is 7.30.